The van der Waals surface area contributed by atoms with Gasteiger partial charge in [0, 0.05) is 34.3 Å². The molecule has 6 nitrogen and oxygen atoms in total. The summed E-state index contributed by atoms with van der Waals surface area (Å²) in [6.45, 7) is 5.67. The highest BCUT2D eigenvalue weighted by Gasteiger charge is 2.16. The minimum absolute atomic E-state index is 0.00533. The Morgan fingerprint density at radius 2 is 1.90 bits per heavy atom. The van der Waals surface area contributed by atoms with Crippen LogP contribution in [-0.4, -0.2) is 32.7 Å². The second kappa shape index (κ2) is 8.28. The third-order valence-electron chi connectivity index (χ3n) is 5.28. The minimum atomic E-state index is -0.319. The van der Waals surface area contributed by atoms with Gasteiger partial charge in [0.15, 0.2) is 5.82 Å². The summed E-state index contributed by atoms with van der Waals surface area (Å²) in [5.41, 5.74) is 4.86. The number of aromatic amines is 1. The van der Waals surface area contributed by atoms with Gasteiger partial charge in [-0.25, -0.2) is 14.4 Å². The molecule has 31 heavy (non-hydrogen) atoms. The van der Waals surface area contributed by atoms with E-state index >= 15 is 0 Å². The quantitative estimate of drug-likeness (QED) is 0.452. The Hall–Kier alpha value is -3.58. The Labute approximate surface area is 178 Å². The van der Waals surface area contributed by atoms with E-state index in [9.17, 15) is 14.3 Å². The van der Waals surface area contributed by atoms with E-state index in [1.165, 1.54) is 18.2 Å². The molecule has 158 valence electrons. The second-order valence-electron chi connectivity index (χ2n) is 7.65. The van der Waals surface area contributed by atoms with Crippen LogP contribution < -0.4 is 10.9 Å². The number of aliphatic hydroxyl groups is 1. The molecule has 2 aromatic carbocycles. The van der Waals surface area contributed by atoms with Gasteiger partial charge < -0.3 is 15.4 Å². The Morgan fingerprint density at radius 3 is 2.65 bits per heavy atom. The van der Waals surface area contributed by atoms with Crippen LogP contribution in [0.2, 0.25) is 0 Å². The minimum Gasteiger partial charge on any atom is -0.394 e. The Kier molecular flexibility index (Phi) is 5.52. The van der Waals surface area contributed by atoms with Crippen LogP contribution in [-0.2, 0) is 0 Å². The second-order valence-corrected chi connectivity index (χ2v) is 7.65. The maximum atomic E-state index is 13.7. The van der Waals surface area contributed by atoms with Gasteiger partial charge in [-0.2, -0.15) is 0 Å². The van der Waals surface area contributed by atoms with Gasteiger partial charge in [-0.15, -0.1) is 0 Å². The van der Waals surface area contributed by atoms with Crippen molar-refractivity contribution in [3.8, 4) is 22.6 Å². The zero-order valence-electron chi connectivity index (χ0n) is 17.5. The van der Waals surface area contributed by atoms with Crippen molar-refractivity contribution < 1.29 is 9.50 Å². The maximum absolute atomic E-state index is 13.7. The van der Waals surface area contributed by atoms with Crippen LogP contribution in [0.3, 0.4) is 0 Å². The molecule has 0 aliphatic heterocycles. The van der Waals surface area contributed by atoms with Gasteiger partial charge in [0.25, 0.3) is 0 Å². The number of fused-ring (bicyclic) bond motifs is 1. The number of aryl methyl sites for hydroxylation is 1. The summed E-state index contributed by atoms with van der Waals surface area (Å²) in [5, 5.41) is 13.3. The fraction of sp³-hybridized carbons (Fsp3) is 0.208. The van der Waals surface area contributed by atoms with Gasteiger partial charge in [0.2, 0.25) is 5.56 Å². The van der Waals surface area contributed by atoms with Crippen molar-refractivity contribution in [3.63, 3.8) is 0 Å². The predicted octanol–water partition coefficient (Wildman–Crippen LogP) is 4.20. The first-order valence-electron chi connectivity index (χ1n) is 10.0. The van der Waals surface area contributed by atoms with Gasteiger partial charge in [0.1, 0.15) is 11.5 Å². The van der Waals surface area contributed by atoms with Crippen molar-refractivity contribution in [1.29, 1.82) is 0 Å². The third kappa shape index (κ3) is 4.04. The largest absolute Gasteiger partial charge is 0.394 e. The first-order chi connectivity index (χ1) is 14.9. The van der Waals surface area contributed by atoms with Crippen LogP contribution in [0.25, 0.3) is 33.7 Å². The number of aliphatic hydroxyl groups excluding tert-OH is 1. The van der Waals surface area contributed by atoms with Gasteiger partial charge in [-0.3, -0.25) is 4.79 Å². The molecule has 1 atom stereocenters. The molecule has 0 saturated heterocycles. The Balaban J connectivity index is 1.96. The summed E-state index contributed by atoms with van der Waals surface area (Å²) in [7, 11) is 0. The Morgan fingerprint density at radius 1 is 1.10 bits per heavy atom. The van der Waals surface area contributed by atoms with Crippen LogP contribution in [0.4, 0.5) is 10.1 Å². The van der Waals surface area contributed by atoms with E-state index < -0.39 is 0 Å². The fourth-order valence-corrected chi connectivity index (χ4v) is 3.60. The Bertz CT molecular complexity index is 1330. The molecular formula is C24H23FN4O2. The molecule has 2 heterocycles. The lowest BCUT2D eigenvalue weighted by molar-refractivity contribution is 0.281. The summed E-state index contributed by atoms with van der Waals surface area (Å²) in [4.78, 5) is 24.2. The van der Waals surface area contributed by atoms with Gasteiger partial charge in [0.05, 0.1) is 12.3 Å². The van der Waals surface area contributed by atoms with Crippen LogP contribution in [0.5, 0.6) is 0 Å². The first-order valence-corrected chi connectivity index (χ1v) is 10.0. The number of anilines is 1. The van der Waals surface area contributed by atoms with Crippen LogP contribution in [0, 0.1) is 19.7 Å². The maximum Gasteiger partial charge on any atom is 0.249 e. The molecule has 7 heteroatoms. The molecule has 2 aromatic heterocycles. The van der Waals surface area contributed by atoms with Gasteiger partial charge >= 0.3 is 0 Å². The number of nitrogens with zero attached hydrogens (tertiary/aromatic N) is 2. The summed E-state index contributed by atoms with van der Waals surface area (Å²) >= 11 is 0. The van der Waals surface area contributed by atoms with E-state index in [-0.39, 0.29) is 24.0 Å². The van der Waals surface area contributed by atoms with Crippen molar-refractivity contribution in [2.75, 3.05) is 11.9 Å². The molecule has 0 spiro atoms. The van der Waals surface area contributed by atoms with E-state index in [0.717, 1.165) is 27.9 Å². The van der Waals surface area contributed by atoms with E-state index in [1.54, 1.807) is 12.1 Å². The van der Waals surface area contributed by atoms with Crippen molar-refractivity contribution in [3.05, 3.63) is 75.8 Å². The molecule has 0 aliphatic carbocycles. The first kappa shape index (κ1) is 20.7. The van der Waals surface area contributed by atoms with Crippen molar-refractivity contribution in [2.24, 2.45) is 0 Å². The number of hydrogen-bond acceptors (Lipinski definition) is 5. The topological polar surface area (TPSA) is 90.9 Å². The lowest BCUT2D eigenvalue weighted by Gasteiger charge is -2.17. The zero-order chi connectivity index (χ0) is 22.1. The van der Waals surface area contributed by atoms with Crippen LogP contribution >= 0.6 is 0 Å². The van der Waals surface area contributed by atoms with E-state index in [1.807, 2.05) is 39.0 Å². The number of hydrogen-bond donors (Lipinski definition) is 3. The van der Waals surface area contributed by atoms with E-state index in [2.05, 4.69) is 15.3 Å². The molecule has 0 fully saturated rings. The monoisotopic (exact) mass is 418 g/mol. The molecule has 3 N–H and O–H groups in total. The summed E-state index contributed by atoms with van der Waals surface area (Å²) in [6, 6.07) is 13.3. The lowest BCUT2D eigenvalue weighted by Crippen LogP contribution is -2.20. The number of rotatable bonds is 5. The van der Waals surface area contributed by atoms with Crippen molar-refractivity contribution in [2.45, 2.75) is 26.8 Å². The van der Waals surface area contributed by atoms with E-state index in [0.29, 0.717) is 22.6 Å². The van der Waals surface area contributed by atoms with Crippen molar-refractivity contribution >= 4 is 16.7 Å². The standard InChI is InChI=1S/C24H23FN4O2/c1-13-11-16(25)7-8-17(13)22-19-9-10-21(31)27-24(19)29-23(28-22)18-5-4-6-20(15(18)3)26-14(2)12-30/h4-11,14,26,30H,12H2,1-3H3,(H,27,28,29,31)/t14-/m1/s1. The van der Waals surface area contributed by atoms with E-state index in [4.69, 9.17) is 4.98 Å². The van der Waals surface area contributed by atoms with Gasteiger partial charge in [-0.05, 0) is 62.2 Å². The highest BCUT2D eigenvalue weighted by atomic mass is 19.1. The van der Waals surface area contributed by atoms with Crippen LogP contribution in [0.15, 0.2) is 53.3 Å². The molecule has 0 saturated carbocycles. The smallest absolute Gasteiger partial charge is 0.249 e. The molecule has 4 aromatic rings. The SMILES string of the molecule is Cc1cc(F)ccc1-c1nc(-c2cccc(N[C@H](C)CO)c2C)nc2[nH]c(=O)ccc12. The average molecular weight is 418 g/mol. The third-order valence-corrected chi connectivity index (χ3v) is 5.28. The van der Waals surface area contributed by atoms with Gasteiger partial charge in [-0.1, -0.05) is 12.1 Å². The summed E-state index contributed by atoms with van der Waals surface area (Å²) < 4.78 is 13.7. The molecule has 0 aliphatic rings. The number of halogens is 1. The lowest BCUT2D eigenvalue weighted by atomic mass is 10.0. The predicted molar refractivity (Wildman–Crippen MR) is 121 cm³/mol. The molecule has 4 rings (SSSR count). The van der Waals surface area contributed by atoms with Crippen LogP contribution in [0.1, 0.15) is 18.1 Å². The number of H-pyrrole nitrogens is 1. The molecular weight excluding hydrogens is 395 g/mol. The fourth-order valence-electron chi connectivity index (χ4n) is 3.60. The molecule has 0 radical (unpaired) electrons. The average Bonchev–Trinajstić information content (AvgIpc) is 2.74. The number of pyridine rings is 1. The molecule has 0 unspecified atom stereocenters. The highest BCUT2D eigenvalue weighted by Crippen LogP contribution is 2.32. The summed E-state index contributed by atoms with van der Waals surface area (Å²) in [5.74, 6) is 0.131. The highest BCUT2D eigenvalue weighted by molar-refractivity contribution is 5.92. The number of nitrogens with one attached hydrogen (secondary N) is 2. The summed E-state index contributed by atoms with van der Waals surface area (Å²) in [6.07, 6.45) is 0. The molecule has 0 bridgehead atoms. The normalized spacial score (nSPS) is 12.2. The molecule has 0 amide bonds. The van der Waals surface area contributed by atoms with Crippen molar-refractivity contribution in [1.82, 2.24) is 15.0 Å². The zero-order valence-corrected chi connectivity index (χ0v) is 17.5. The number of aromatic nitrogens is 3. The number of benzene rings is 2.